The van der Waals surface area contributed by atoms with Gasteiger partial charge in [-0.05, 0) is 69.4 Å². The fourth-order valence-corrected chi connectivity index (χ4v) is 5.67. The van der Waals surface area contributed by atoms with Gasteiger partial charge in [-0.25, -0.2) is 0 Å². The van der Waals surface area contributed by atoms with Crippen LogP contribution in [0, 0.1) is 17.8 Å². The molecule has 0 aromatic rings. The summed E-state index contributed by atoms with van der Waals surface area (Å²) in [6.45, 7) is 5.61. The summed E-state index contributed by atoms with van der Waals surface area (Å²) >= 11 is 0. The normalized spacial score (nSPS) is 47.5. The number of fused-ring (bicyclic) bond motifs is 2. The fourth-order valence-electron chi connectivity index (χ4n) is 5.67. The van der Waals surface area contributed by atoms with E-state index in [1.165, 1.54) is 64.7 Å². The predicted octanol–water partition coefficient (Wildman–Crippen LogP) is 1.56. The van der Waals surface area contributed by atoms with Crippen molar-refractivity contribution in [1.29, 1.82) is 0 Å². The third kappa shape index (κ3) is 2.05. The zero-order chi connectivity index (χ0) is 12.8. The van der Waals surface area contributed by atoms with Gasteiger partial charge in [0.1, 0.15) is 0 Å². The molecule has 4 saturated heterocycles. The first kappa shape index (κ1) is 12.6. The van der Waals surface area contributed by atoms with Crippen LogP contribution in [0.15, 0.2) is 0 Å². The Kier molecular flexibility index (Phi) is 3.33. The second-order valence-electron chi connectivity index (χ2n) is 7.38. The van der Waals surface area contributed by atoms with E-state index in [4.69, 9.17) is 0 Å². The van der Waals surface area contributed by atoms with Gasteiger partial charge in [-0.3, -0.25) is 9.80 Å². The van der Waals surface area contributed by atoms with Crippen molar-refractivity contribution in [3.63, 3.8) is 0 Å². The Morgan fingerprint density at radius 2 is 1.74 bits per heavy atom. The molecule has 0 radical (unpaired) electrons. The quantitative estimate of drug-likeness (QED) is 0.779. The molecule has 0 saturated carbocycles. The van der Waals surface area contributed by atoms with Gasteiger partial charge in [-0.2, -0.15) is 0 Å². The van der Waals surface area contributed by atoms with Gasteiger partial charge in [0.2, 0.25) is 0 Å². The fraction of sp³-hybridized carbons (Fsp3) is 1.00. The first-order chi connectivity index (χ1) is 9.36. The molecular formula is C16H28N2O. The molecule has 3 heteroatoms. The minimum absolute atomic E-state index is 0.397. The second kappa shape index (κ2) is 5.01. The Morgan fingerprint density at radius 1 is 0.895 bits per heavy atom. The Hall–Kier alpha value is -0.120. The Bertz CT molecular complexity index is 333. The minimum Gasteiger partial charge on any atom is -0.396 e. The van der Waals surface area contributed by atoms with E-state index in [-0.39, 0.29) is 0 Å². The number of aliphatic hydroxyl groups is 1. The van der Waals surface area contributed by atoms with Crippen molar-refractivity contribution in [1.82, 2.24) is 9.80 Å². The van der Waals surface area contributed by atoms with Gasteiger partial charge in [0.15, 0.2) is 0 Å². The van der Waals surface area contributed by atoms with Gasteiger partial charge in [-0.15, -0.1) is 0 Å². The lowest BCUT2D eigenvalue weighted by molar-refractivity contribution is -0.0965. The molecule has 0 spiro atoms. The number of rotatable bonds is 1. The van der Waals surface area contributed by atoms with Crippen LogP contribution in [0.4, 0.5) is 0 Å². The molecule has 4 heterocycles. The average molecular weight is 264 g/mol. The molecule has 5 atom stereocenters. The Labute approximate surface area is 117 Å². The molecule has 0 aromatic heterocycles. The van der Waals surface area contributed by atoms with Crippen LogP contribution in [-0.2, 0) is 0 Å². The highest BCUT2D eigenvalue weighted by molar-refractivity contribution is 5.03. The van der Waals surface area contributed by atoms with E-state index in [2.05, 4.69) is 9.80 Å². The Balaban J connectivity index is 1.57. The first-order valence-corrected chi connectivity index (χ1v) is 8.46. The van der Waals surface area contributed by atoms with Gasteiger partial charge in [0.25, 0.3) is 0 Å². The molecule has 0 unspecified atom stereocenters. The average Bonchev–Trinajstić information content (AvgIpc) is 2.47. The lowest BCUT2D eigenvalue weighted by Gasteiger charge is -2.59. The zero-order valence-corrected chi connectivity index (χ0v) is 12.0. The molecule has 4 fully saturated rings. The van der Waals surface area contributed by atoms with Crippen LogP contribution in [0.2, 0.25) is 0 Å². The lowest BCUT2D eigenvalue weighted by Crippen LogP contribution is -2.66. The summed E-state index contributed by atoms with van der Waals surface area (Å²) in [6, 6.07) is 1.75. The minimum atomic E-state index is 0.397. The topological polar surface area (TPSA) is 26.7 Å². The number of hydrogen-bond donors (Lipinski definition) is 1. The molecule has 4 aliphatic heterocycles. The van der Waals surface area contributed by atoms with Crippen LogP contribution >= 0.6 is 0 Å². The summed E-state index contributed by atoms with van der Waals surface area (Å²) in [5.41, 5.74) is 0. The van der Waals surface area contributed by atoms with E-state index in [0.29, 0.717) is 12.5 Å². The van der Waals surface area contributed by atoms with Crippen molar-refractivity contribution >= 4 is 0 Å². The summed E-state index contributed by atoms with van der Waals surface area (Å²) in [5, 5.41) is 9.46. The van der Waals surface area contributed by atoms with Crippen molar-refractivity contribution in [2.24, 2.45) is 17.8 Å². The molecule has 4 rings (SSSR count). The van der Waals surface area contributed by atoms with Crippen LogP contribution < -0.4 is 0 Å². The van der Waals surface area contributed by atoms with E-state index in [0.717, 1.165) is 23.9 Å². The van der Waals surface area contributed by atoms with E-state index in [1.54, 1.807) is 0 Å². The maximum absolute atomic E-state index is 9.46. The molecule has 0 aromatic carbocycles. The maximum atomic E-state index is 9.46. The van der Waals surface area contributed by atoms with Crippen LogP contribution in [-0.4, -0.2) is 59.8 Å². The maximum Gasteiger partial charge on any atom is 0.0471 e. The van der Waals surface area contributed by atoms with Gasteiger partial charge in [-0.1, -0.05) is 0 Å². The third-order valence-corrected chi connectivity index (χ3v) is 6.40. The molecule has 0 amide bonds. The third-order valence-electron chi connectivity index (χ3n) is 6.40. The van der Waals surface area contributed by atoms with Gasteiger partial charge in [0, 0.05) is 31.8 Å². The standard InChI is InChI=1S/C16H28N2O/c19-11-12-5-6-15-14-4-2-8-17-7-1-3-13(16(14)17)10-18(15)9-12/h12-16,19H,1-11H2/t12-,13+,14-,15-,16+/m1/s1. The highest BCUT2D eigenvalue weighted by atomic mass is 16.3. The predicted molar refractivity (Wildman–Crippen MR) is 76.0 cm³/mol. The number of hydrogen-bond acceptors (Lipinski definition) is 3. The largest absolute Gasteiger partial charge is 0.396 e. The molecule has 0 aliphatic carbocycles. The summed E-state index contributed by atoms with van der Waals surface area (Å²) in [6.07, 6.45) is 8.34. The smallest absolute Gasteiger partial charge is 0.0471 e. The van der Waals surface area contributed by atoms with Gasteiger partial charge < -0.3 is 5.11 Å². The summed E-state index contributed by atoms with van der Waals surface area (Å²) in [5.74, 6) is 2.41. The van der Waals surface area contributed by atoms with E-state index in [9.17, 15) is 5.11 Å². The van der Waals surface area contributed by atoms with Crippen LogP contribution in [0.3, 0.4) is 0 Å². The SMILES string of the molecule is OC[C@@H]1CC[C@@H]2[C@H]3CCCN4CCC[C@@H](CN2C1)[C@@H]34. The summed E-state index contributed by atoms with van der Waals surface area (Å²) in [4.78, 5) is 5.60. The highest BCUT2D eigenvalue weighted by Gasteiger charge is 2.49. The van der Waals surface area contributed by atoms with Gasteiger partial charge in [0.05, 0.1) is 0 Å². The van der Waals surface area contributed by atoms with E-state index in [1.807, 2.05) is 0 Å². The van der Waals surface area contributed by atoms with E-state index < -0.39 is 0 Å². The van der Waals surface area contributed by atoms with Crippen LogP contribution in [0.1, 0.15) is 38.5 Å². The van der Waals surface area contributed by atoms with Crippen LogP contribution in [0.5, 0.6) is 0 Å². The van der Waals surface area contributed by atoms with Crippen molar-refractivity contribution in [2.45, 2.75) is 50.6 Å². The second-order valence-corrected chi connectivity index (χ2v) is 7.38. The first-order valence-electron chi connectivity index (χ1n) is 8.46. The van der Waals surface area contributed by atoms with Crippen molar-refractivity contribution in [3.8, 4) is 0 Å². The highest BCUT2D eigenvalue weighted by Crippen LogP contribution is 2.44. The number of aliphatic hydroxyl groups excluding tert-OH is 1. The lowest BCUT2D eigenvalue weighted by atomic mass is 9.67. The number of nitrogens with zero attached hydrogens (tertiary/aromatic N) is 2. The van der Waals surface area contributed by atoms with Crippen molar-refractivity contribution in [2.75, 3.05) is 32.8 Å². The van der Waals surface area contributed by atoms with Crippen molar-refractivity contribution < 1.29 is 5.11 Å². The van der Waals surface area contributed by atoms with E-state index >= 15 is 0 Å². The molecule has 0 bridgehead atoms. The zero-order valence-electron chi connectivity index (χ0n) is 12.0. The Morgan fingerprint density at radius 3 is 2.58 bits per heavy atom. The number of piperidine rings is 4. The molecule has 19 heavy (non-hydrogen) atoms. The monoisotopic (exact) mass is 264 g/mol. The summed E-state index contributed by atoms with van der Waals surface area (Å²) < 4.78 is 0. The van der Waals surface area contributed by atoms with Gasteiger partial charge >= 0.3 is 0 Å². The molecule has 3 nitrogen and oxygen atoms in total. The molecule has 4 aliphatic rings. The summed E-state index contributed by atoms with van der Waals surface area (Å²) in [7, 11) is 0. The molecular weight excluding hydrogens is 236 g/mol. The van der Waals surface area contributed by atoms with Crippen molar-refractivity contribution in [3.05, 3.63) is 0 Å². The van der Waals surface area contributed by atoms with Crippen LogP contribution in [0.25, 0.3) is 0 Å². The molecule has 1 N–H and O–H groups in total. The molecule has 108 valence electrons.